The number of hydrogen-bond acceptors (Lipinski definition) is 9. The van der Waals surface area contributed by atoms with E-state index in [4.69, 9.17) is 9.47 Å². The summed E-state index contributed by atoms with van der Waals surface area (Å²) in [5, 5.41) is 6.13. The Bertz CT molecular complexity index is 1680. The molecule has 2 N–H and O–H groups in total. The SMILES string of the molecule is CC(C)(C)OC(=O)NC1C(=O)N2C(C(=O)OC(c3ccccc3)c3ccccc3)=C(c3cnc(Nc4ccccc4)s3)CSC12. The number of benzene rings is 3. The predicted molar refractivity (Wildman–Crippen MR) is 176 cm³/mol. The van der Waals surface area contributed by atoms with E-state index in [0.717, 1.165) is 21.7 Å². The quantitative estimate of drug-likeness (QED) is 0.161. The van der Waals surface area contributed by atoms with Gasteiger partial charge in [-0.3, -0.25) is 9.69 Å². The maximum absolute atomic E-state index is 14.3. The van der Waals surface area contributed by atoms with Crippen molar-refractivity contribution in [3.8, 4) is 0 Å². The molecule has 45 heavy (non-hydrogen) atoms. The Morgan fingerprint density at radius 1 is 0.933 bits per heavy atom. The number of nitrogens with one attached hydrogen (secondary N) is 2. The van der Waals surface area contributed by atoms with E-state index in [1.807, 2.05) is 91.0 Å². The van der Waals surface area contributed by atoms with Crippen LogP contribution in [0, 0.1) is 0 Å². The molecule has 6 rings (SSSR count). The summed E-state index contributed by atoms with van der Waals surface area (Å²) in [7, 11) is 0. The molecular formula is C34H32N4O5S2. The molecule has 2 amide bonds. The van der Waals surface area contributed by atoms with Gasteiger partial charge in [-0.25, -0.2) is 14.6 Å². The minimum Gasteiger partial charge on any atom is -0.448 e. The summed E-state index contributed by atoms with van der Waals surface area (Å²) in [6.07, 6.45) is 0.309. The van der Waals surface area contributed by atoms with Crippen molar-refractivity contribution >= 4 is 57.5 Å². The fourth-order valence-electron chi connectivity index (χ4n) is 5.10. The Hall–Kier alpha value is -4.61. The molecule has 0 spiro atoms. The number of rotatable bonds is 8. The second kappa shape index (κ2) is 12.8. The minimum absolute atomic E-state index is 0.151. The molecule has 2 unspecified atom stereocenters. The molecule has 1 fully saturated rings. The minimum atomic E-state index is -0.843. The van der Waals surface area contributed by atoms with E-state index in [9.17, 15) is 14.4 Å². The Labute approximate surface area is 269 Å². The van der Waals surface area contributed by atoms with Gasteiger partial charge in [0.05, 0.1) is 4.88 Å². The van der Waals surface area contributed by atoms with Crippen molar-refractivity contribution in [3.63, 3.8) is 0 Å². The summed E-state index contributed by atoms with van der Waals surface area (Å²) in [5.74, 6) is -0.645. The molecule has 0 saturated carbocycles. The maximum atomic E-state index is 14.3. The van der Waals surface area contributed by atoms with E-state index in [-0.39, 0.29) is 5.70 Å². The first-order valence-corrected chi connectivity index (χ1v) is 16.3. The van der Waals surface area contributed by atoms with E-state index < -0.39 is 41.1 Å². The molecule has 2 atom stereocenters. The van der Waals surface area contributed by atoms with Crippen LogP contribution in [0.2, 0.25) is 0 Å². The second-order valence-electron chi connectivity index (χ2n) is 11.5. The van der Waals surface area contributed by atoms with Crippen LogP contribution >= 0.6 is 23.1 Å². The third-order valence-corrected chi connectivity index (χ3v) is 9.34. The number of anilines is 2. The van der Waals surface area contributed by atoms with Gasteiger partial charge in [0.1, 0.15) is 22.7 Å². The topological polar surface area (TPSA) is 110 Å². The number of thiazole rings is 1. The number of ether oxygens (including phenoxy) is 2. The van der Waals surface area contributed by atoms with Crippen LogP contribution in [0.25, 0.3) is 5.57 Å². The zero-order valence-corrected chi connectivity index (χ0v) is 26.6. The molecule has 11 heteroatoms. The molecular weight excluding hydrogens is 609 g/mol. The fraction of sp³-hybridized carbons (Fsp3) is 0.235. The summed E-state index contributed by atoms with van der Waals surface area (Å²) < 4.78 is 11.6. The lowest BCUT2D eigenvalue weighted by molar-refractivity contribution is -0.153. The van der Waals surface area contributed by atoms with Crippen LogP contribution in [0.5, 0.6) is 0 Å². The molecule has 0 aliphatic carbocycles. The molecule has 2 aliphatic heterocycles. The molecule has 9 nitrogen and oxygen atoms in total. The van der Waals surface area contributed by atoms with Gasteiger partial charge in [-0.1, -0.05) is 90.2 Å². The molecule has 1 saturated heterocycles. The number of carbonyl (C=O) groups is 3. The molecule has 3 heterocycles. The number of amides is 2. The van der Waals surface area contributed by atoms with Crippen LogP contribution in [0.1, 0.15) is 42.9 Å². The van der Waals surface area contributed by atoms with Gasteiger partial charge in [-0.2, -0.15) is 0 Å². The van der Waals surface area contributed by atoms with Crippen molar-refractivity contribution in [2.24, 2.45) is 0 Å². The summed E-state index contributed by atoms with van der Waals surface area (Å²) in [6.45, 7) is 5.27. The molecule has 4 aromatic rings. The zero-order valence-electron chi connectivity index (χ0n) is 24.9. The molecule has 2 aliphatic rings. The van der Waals surface area contributed by atoms with Crippen LogP contribution in [-0.4, -0.2) is 50.6 Å². The number of alkyl carbamates (subject to hydrolysis) is 1. The van der Waals surface area contributed by atoms with Gasteiger partial charge in [-0.15, -0.1) is 11.8 Å². The summed E-state index contributed by atoms with van der Waals surface area (Å²) in [6, 6.07) is 27.8. The van der Waals surface area contributed by atoms with Crippen molar-refractivity contribution in [1.82, 2.24) is 15.2 Å². The molecule has 3 aromatic carbocycles. The van der Waals surface area contributed by atoms with Crippen molar-refractivity contribution in [3.05, 3.63) is 119 Å². The van der Waals surface area contributed by atoms with Crippen molar-refractivity contribution < 1.29 is 23.9 Å². The molecule has 230 valence electrons. The number of fused-ring (bicyclic) bond motifs is 1. The van der Waals surface area contributed by atoms with Crippen LogP contribution < -0.4 is 10.6 Å². The third kappa shape index (κ3) is 6.74. The highest BCUT2D eigenvalue weighted by atomic mass is 32.2. The van der Waals surface area contributed by atoms with Gasteiger partial charge in [0.15, 0.2) is 11.2 Å². The van der Waals surface area contributed by atoms with E-state index in [0.29, 0.717) is 16.5 Å². The van der Waals surface area contributed by atoms with E-state index >= 15 is 0 Å². The van der Waals surface area contributed by atoms with E-state index in [2.05, 4.69) is 15.6 Å². The van der Waals surface area contributed by atoms with Gasteiger partial charge in [0.25, 0.3) is 5.91 Å². The van der Waals surface area contributed by atoms with E-state index in [1.165, 1.54) is 28.0 Å². The molecule has 0 radical (unpaired) electrons. The summed E-state index contributed by atoms with van der Waals surface area (Å²) in [5.41, 5.74) is 2.55. The van der Waals surface area contributed by atoms with Crippen LogP contribution in [-0.2, 0) is 19.1 Å². The van der Waals surface area contributed by atoms with Crippen molar-refractivity contribution in [1.29, 1.82) is 0 Å². The predicted octanol–water partition coefficient (Wildman–Crippen LogP) is 6.74. The summed E-state index contributed by atoms with van der Waals surface area (Å²) in [4.78, 5) is 47.2. The number of thioether (sulfide) groups is 1. The number of aromatic nitrogens is 1. The molecule has 0 bridgehead atoms. The lowest BCUT2D eigenvalue weighted by Crippen LogP contribution is -2.70. The smallest absolute Gasteiger partial charge is 0.408 e. The van der Waals surface area contributed by atoms with Crippen molar-refractivity contribution in [2.45, 2.75) is 43.9 Å². The monoisotopic (exact) mass is 640 g/mol. The third-order valence-electron chi connectivity index (χ3n) is 7.09. The number of carbonyl (C=O) groups excluding carboxylic acids is 3. The lowest BCUT2D eigenvalue weighted by Gasteiger charge is -2.49. The number of nitrogens with zero attached hydrogens (tertiary/aromatic N) is 2. The summed E-state index contributed by atoms with van der Waals surface area (Å²) >= 11 is 2.85. The average molecular weight is 641 g/mol. The first-order valence-electron chi connectivity index (χ1n) is 14.4. The van der Waals surface area contributed by atoms with Crippen LogP contribution in [0.4, 0.5) is 15.6 Å². The first-order chi connectivity index (χ1) is 21.7. The highest BCUT2D eigenvalue weighted by molar-refractivity contribution is 8.00. The van der Waals surface area contributed by atoms with Gasteiger partial charge >= 0.3 is 12.1 Å². The fourth-order valence-corrected chi connectivity index (χ4v) is 7.43. The first kappa shape index (κ1) is 30.4. The number of esters is 1. The van der Waals surface area contributed by atoms with Gasteiger partial charge < -0.3 is 20.1 Å². The van der Waals surface area contributed by atoms with E-state index in [1.54, 1.807) is 27.0 Å². The Morgan fingerprint density at radius 2 is 1.53 bits per heavy atom. The largest absolute Gasteiger partial charge is 0.448 e. The van der Waals surface area contributed by atoms with Gasteiger partial charge in [0, 0.05) is 23.2 Å². The Kier molecular flexibility index (Phi) is 8.64. The zero-order chi connectivity index (χ0) is 31.6. The highest BCUT2D eigenvalue weighted by Crippen LogP contribution is 2.46. The second-order valence-corrected chi connectivity index (χ2v) is 13.6. The molecule has 1 aromatic heterocycles. The lowest BCUT2D eigenvalue weighted by atomic mass is 10.0. The number of β-lactam (4-membered cyclic amide) rings is 1. The van der Waals surface area contributed by atoms with Gasteiger partial charge in [0.2, 0.25) is 0 Å². The normalized spacial score (nSPS) is 17.8. The standard InChI is InChI=1S/C34H32N4O5S2/c1-34(2,3)43-33(41)37-26-29(39)38-27(31(40)42-28(21-13-7-4-8-14-21)22-15-9-5-10-16-22)24(20-44-30(26)38)25-19-35-32(45-25)36-23-17-11-6-12-18-23/h4-19,26,28,30H,20H2,1-3H3,(H,35,36)(H,37,41). The Balaban J connectivity index is 1.34. The number of hydrogen-bond donors (Lipinski definition) is 2. The highest BCUT2D eigenvalue weighted by Gasteiger charge is 2.55. The Morgan fingerprint density at radius 3 is 2.13 bits per heavy atom. The van der Waals surface area contributed by atoms with Crippen molar-refractivity contribution in [2.75, 3.05) is 11.1 Å². The van der Waals surface area contributed by atoms with Crippen LogP contribution in [0.15, 0.2) is 103 Å². The van der Waals surface area contributed by atoms with Crippen LogP contribution in [0.3, 0.4) is 0 Å². The van der Waals surface area contributed by atoms with Gasteiger partial charge in [-0.05, 0) is 44.0 Å². The maximum Gasteiger partial charge on any atom is 0.408 e. The average Bonchev–Trinajstić information content (AvgIpc) is 3.50. The number of para-hydroxylation sites is 1.